The third kappa shape index (κ3) is 3.50. The van der Waals surface area contributed by atoms with Gasteiger partial charge in [-0.25, -0.2) is 0 Å². The smallest absolute Gasteiger partial charge is 0.319 e. The van der Waals surface area contributed by atoms with Gasteiger partial charge < -0.3 is 4.74 Å². The van der Waals surface area contributed by atoms with Gasteiger partial charge in [0, 0.05) is 11.1 Å². The molecule has 0 spiro atoms. The van der Waals surface area contributed by atoms with E-state index in [4.69, 9.17) is 4.74 Å². The number of ether oxygens (including phenoxy) is 1. The molecule has 1 heterocycles. The molecular formula is C23H34O2. The van der Waals surface area contributed by atoms with Crippen molar-refractivity contribution in [2.45, 2.75) is 90.9 Å². The summed E-state index contributed by atoms with van der Waals surface area (Å²) >= 11 is 0. The number of fused-ring (bicyclic) bond motifs is 1. The van der Waals surface area contributed by atoms with Crippen LogP contribution in [0.2, 0.25) is 0 Å². The van der Waals surface area contributed by atoms with Crippen molar-refractivity contribution in [3.63, 3.8) is 0 Å². The van der Waals surface area contributed by atoms with Crippen LogP contribution in [0.4, 0.5) is 0 Å². The first kappa shape index (κ1) is 18.5. The molecule has 0 aromatic heterocycles. The maximum absolute atomic E-state index is 12.9. The summed E-state index contributed by atoms with van der Waals surface area (Å²) in [4.78, 5) is 12.9. The lowest BCUT2D eigenvalue weighted by Gasteiger charge is -2.31. The van der Waals surface area contributed by atoms with Crippen molar-refractivity contribution in [1.82, 2.24) is 0 Å². The summed E-state index contributed by atoms with van der Waals surface area (Å²) in [6.07, 6.45) is 4.81. The molecule has 25 heavy (non-hydrogen) atoms. The van der Waals surface area contributed by atoms with E-state index in [0.717, 1.165) is 24.2 Å². The normalized spacial score (nSPS) is 27.2. The van der Waals surface area contributed by atoms with Crippen LogP contribution in [0.3, 0.4) is 0 Å². The molecule has 1 aromatic carbocycles. The van der Waals surface area contributed by atoms with Crippen molar-refractivity contribution < 1.29 is 9.53 Å². The predicted molar refractivity (Wildman–Crippen MR) is 103 cm³/mol. The van der Waals surface area contributed by atoms with Crippen molar-refractivity contribution in [2.75, 3.05) is 0 Å². The van der Waals surface area contributed by atoms with E-state index in [9.17, 15) is 4.79 Å². The average Bonchev–Trinajstić information content (AvgIpc) is 2.79. The molecule has 0 radical (unpaired) electrons. The Morgan fingerprint density at radius 2 is 1.68 bits per heavy atom. The van der Waals surface area contributed by atoms with Crippen molar-refractivity contribution >= 4 is 5.97 Å². The maximum atomic E-state index is 12.9. The van der Waals surface area contributed by atoms with Crippen LogP contribution in [-0.4, -0.2) is 5.97 Å². The van der Waals surface area contributed by atoms with Gasteiger partial charge in [0.25, 0.3) is 0 Å². The highest BCUT2D eigenvalue weighted by molar-refractivity contribution is 5.87. The molecular weight excluding hydrogens is 308 g/mol. The molecule has 1 aliphatic heterocycles. The fourth-order valence-corrected chi connectivity index (χ4v) is 4.51. The molecule has 3 rings (SSSR count). The van der Waals surface area contributed by atoms with Gasteiger partial charge in [0.05, 0.1) is 5.92 Å². The van der Waals surface area contributed by atoms with Gasteiger partial charge in [0.2, 0.25) is 0 Å². The first-order chi connectivity index (χ1) is 11.5. The monoisotopic (exact) mass is 342 g/mol. The second-order valence-electron chi connectivity index (χ2n) is 10.4. The molecule has 2 heteroatoms. The Labute approximate surface area is 153 Å². The molecule has 0 saturated heterocycles. The van der Waals surface area contributed by atoms with Crippen LogP contribution in [0.5, 0.6) is 5.75 Å². The molecule has 2 nitrogen and oxygen atoms in total. The number of hydrogen-bond donors (Lipinski definition) is 0. The number of carbonyl (C=O) groups excluding carboxylic acids is 1. The van der Waals surface area contributed by atoms with Crippen molar-refractivity contribution in [3.8, 4) is 5.75 Å². The van der Waals surface area contributed by atoms with E-state index < -0.39 is 0 Å². The minimum Gasteiger partial charge on any atom is -0.425 e. The molecule has 1 fully saturated rings. The topological polar surface area (TPSA) is 26.3 Å². The molecule has 138 valence electrons. The van der Waals surface area contributed by atoms with Crippen LogP contribution in [0.15, 0.2) is 12.1 Å². The summed E-state index contributed by atoms with van der Waals surface area (Å²) in [6.45, 7) is 15.7. The summed E-state index contributed by atoms with van der Waals surface area (Å²) in [6, 6.07) is 4.53. The Morgan fingerprint density at radius 1 is 1.00 bits per heavy atom. The van der Waals surface area contributed by atoms with Crippen LogP contribution in [-0.2, 0) is 15.6 Å². The van der Waals surface area contributed by atoms with E-state index in [1.54, 1.807) is 0 Å². The molecule has 3 atom stereocenters. The Bertz CT molecular complexity index is 673. The van der Waals surface area contributed by atoms with Gasteiger partial charge in [-0.3, -0.25) is 4.79 Å². The van der Waals surface area contributed by atoms with E-state index in [0.29, 0.717) is 11.8 Å². The largest absolute Gasteiger partial charge is 0.425 e. The van der Waals surface area contributed by atoms with Crippen molar-refractivity contribution in [1.29, 1.82) is 0 Å². The lowest BCUT2D eigenvalue weighted by Crippen LogP contribution is -2.25. The molecule has 1 aliphatic carbocycles. The summed E-state index contributed by atoms with van der Waals surface area (Å²) in [5, 5.41) is 0. The molecule has 1 saturated carbocycles. The number of benzene rings is 1. The van der Waals surface area contributed by atoms with Crippen LogP contribution in [0, 0.1) is 11.8 Å². The second-order valence-corrected chi connectivity index (χ2v) is 10.4. The highest BCUT2D eigenvalue weighted by Gasteiger charge is 2.43. The maximum Gasteiger partial charge on any atom is 0.319 e. The standard InChI is InChI=1S/C23H34O2/c1-14-9-8-10-15(11-14)19-17-12-16(22(2,3)4)13-18(23(5,6)7)20(17)25-21(19)24/h12-15,19H,8-11H2,1-7H3. The Morgan fingerprint density at radius 3 is 2.24 bits per heavy atom. The number of rotatable bonds is 1. The molecule has 1 aromatic rings. The van der Waals surface area contributed by atoms with Crippen molar-refractivity contribution in [2.24, 2.45) is 11.8 Å². The van der Waals surface area contributed by atoms with E-state index in [-0.39, 0.29) is 22.7 Å². The summed E-state index contributed by atoms with van der Waals surface area (Å²) in [5.74, 6) is 1.91. The zero-order valence-electron chi connectivity index (χ0n) is 17.0. The first-order valence-corrected chi connectivity index (χ1v) is 9.89. The Hall–Kier alpha value is -1.31. The summed E-state index contributed by atoms with van der Waals surface area (Å²) in [5.41, 5.74) is 3.66. The van der Waals surface area contributed by atoms with E-state index in [1.165, 1.54) is 24.0 Å². The molecule has 0 amide bonds. The zero-order valence-corrected chi connectivity index (χ0v) is 17.0. The Kier molecular flexibility index (Phi) is 4.54. The third-order valence-corrected chi connectivity index (χ3v) is 6.03. The van der Waals surface area contributed by atoms with Crippen molar-refractivity contribution in [3.05, 3.63) is 28.8 Å². The minimum atomic E-state index is -0.0684. The number of hydrogen-bond acceptors (Lipinski definition) is 2. The van der Waals surface area contributed by atoms with Gasteiger partial charge in [-0.1, -0.05) is 73.4 Å². The number of carbonyl (C=O) groups is 1. The quantitative estimate of drug-likeness (QED) is 0.454. The van der Waals surface area contributed by atoms with Gasteiger partial charge >= 0.3 is 5.97 Å². The molecule has 3 unspecified atom stereocenters. The summed E-state index contributed by atoms with van der Waals surface area (Å²) in [7, 11) is 0. The fourth-order valence-electron chi connectivity index (χ4n) is 4.51. The van der Waals surface area contributed by atoms with E-state index in [1.807, 2.05) is 0 Å². The second kappa shape index (κ2) is 6.14. The van der Waals surface area contributed by atoms with Gasteiger partial charge in [0.1, 0.15) is 5.75 Å². The van der Waals surface area contributed by atoms with Crippen LogP contribution < -0.4 is 4.74 Å². The number of esters is 1. The van der Waals surface area contributed by atoms with Crippen LogP contribution in [0.1, 0.15) is 96.8 Å². The lowest BCUT2D eigenvalue weighted by molar-refractivity contribution is -0.135. The highest BCUT2D eigenvalue weighted by atomic mass is 16.5. The molecule has 0 N–H and O–H groups in total. The van der Waals surface area contributed by atoms with Gasteiger partial charge in [-0.05, 0) is 41.1 Å². The minimum absolute atomic E-state index is 0.0225. The van der Waals surface area contributed by atoms with Crippen LogP contribution >= 0.6 is 0 Å². The van der Waals surface area contributed by atoms with E-state index >= 15 is 0 Å². The average molecular weight is 343 g/mol. The predicted octanol–water partition coefficient (Wildman–Crippen LogP) is 6.11. The third-order valence-electron chi connectivity index (χ3n) is 6.03. The van der Waals surface area contributed by atoms with Gasteiger partial charge in [0.15, 0.2) is 0 Å². The first-order valence-electron chi connectivity index (χ1n) is 9.89. The summed E-state index contributed by atoms with van der Waals surface area (Å²) < 4.78 is 5.89. The SMILES string of the molecule is CC1CCCC(C2C(=O)Oc3c2cc(C(C)(C)C)cc3C(C)(C)C)C1. The highest BCUT2D eigenvalue weighted by Crippen LogP contribution is 2.50. The van der Waals surface area contributed by atoms with Gasteiger partial charge in [-0.15, -0.1) is 0 Å². The van der Waals surface area contributed by atoms with E-state index in [2.05, 4.69) is 60.6 Å². The lowest BCUT2D eigenvalue weighted by atomic mass is 9.71. The zero-order chi connectivity index (χ0) is 18.6. The van der Waals surface area contributed by atoms with Crippen LogP contribution in [0.25, 0.3) is 0 Å². The fraction of sp³-hybridized carbons (Fsp3) is 0.696. The Balaban J connectivity index is 2.13. The van der Waals surface area contributed by atoms with Gasteiger partial charge in [-0.2, -0.15) is 0 Å². The molecule has 0 bridgehead atoms. The molecule has 2 aliphatic rings.